The minimum atomic E-state index is -0.0891. The van der Waals surface area contributed by atoms with E-state index in [1.165, 1.54) is 11.1 Å². The summed E-state index contributed by atoms with van der Waals surface area (Å²) in [5.41, 5.74) is 3.04. The summed E-state index contributed by atoms with van der Waals surface area (Å²) in [6.45, 7) is 2.08. The summed E-state index contributed by atoms with van der Waals surface area (Å²) < 4.78 is 5.87. The van der Waals surface area contributed by atoms with Gasteiger partial charge in [0, 0.05) is 10.8 Å². The molecule has 0 aromatic heterocycles. The summed E-state index contributed by atoms with van der Waals surface area (Å²) in [6.07, 6.45) is 0. The Labute approximate surface area is 168 Å². The first kappa shape index (κ1) is 19.3. The number of nitrogens with one attached hydrogen (secondary N) is 1. The van der Waals surface area contributed by atoms with E-state index in [2.05, 4.69) is 24.4 Å². The molecule has 0 radical (unpaired) electrons. The quantitative estimate of drug-likeness (QED) is 0.507. The van der Waals surface area contributed by atoms with Crippen LogP contribution in [-0.2, 0) is 10.5 Å². The average molecular weight is 398 g/mol. The molecule has 0 fully saturated rings. The van der Waals surface area contributed by atoms with Crippen LogP contribution in [0.5, 0.6) is 11.5 Å². The highest BCUT2D eigenvalue weighted by Crippen LogP contribution is 2.32. The van der Waals surface area contributed by atoms with Gasteiger partial charge in [-0.2, -0.15) is 0 Å². The van der Waals surface area contributed by atoms with Crippen LogP contribution in [-0.4, -0.2) is 11.7 Å². The number of anilines is 1. The molecule has 0 spiro atoms. The first-order chi connectivity index (χ1) is 13.1. The van der Waals surface area contributed by atoms with E-state index < -0.39 is 0 Å². The molecule has 0 unspecified atom stereocenters. The van der Waals surface area contributed by atoms with Crippen LogP contribution in [0.15, 0.2) is 72.8 Å². The number of ether oxygens (including phenoxy) is 1. The third kappa shape index (κ3) is 5.78. The average Bonchev–Trinajstić information content (AvgIpc) is 2.66. The molecule has 3 aromatic rings. The molecule has 3 rings (SSSR count). The van der Waals surface area contributed by atoms with Crippen molar-refractivity contribution in [2.75, 3.05) is 11.1 Å². The van der Waals surface area contributed by atoms with Gasteiger partial charge in [0.1, 0.15) is 5.75 Å². The lowest BCUT2D eigenvalue weighted by Gasteiger charge is -2.13. The van der Waals surface area contributed by atoms with Crippen molar-refractivity contribution >= 4 is 35.0 Å². The van der Waals surface area contributed by atoms with Crippen LogP contribution in [0.4, 0.5) is 5.69 Å². The van der Waals surface area contributed by atoms with Gasteiger partial charge >= 0.3 is 0 Å². The summed E-state index contributed by atoms with van der Waals surface area (Å²) >= 11 is 7.67. The zero-order valence-corrected chi connectivity index (χ0v) is 16.5. The molecule has 3 aromatic carbocycles. The van der Waals surface area contributed by atoms with E-state index in [1.807, 2.05) is 42.5 Å². The largest absolute Gasteiger partial charge is 0.455 e. The zero-order chi connectivity index (χ0) is 19.1. The molecule has 5 heteroatoms. The van der Waals surface area contributed by atoms with Gasteiger partial charge in [0.05, 0.1) is 11.4 Å². The molecule has 3 nitrogen and oxygen atoms in total. The Morgan fingerprint density at radius 1 is 1.04 bits per heavy atom. The molecule has 138 valence electrons. The fraction of sp³-hybridized carbons (Fsp3) is 0.136. The molecule has 0 heterocycles. The zero-order valence-electron chi connectivity index (χ0n) is 14.9. The maximum Gasteiger partial charge on any atom is 0.234 e. The summed E-state index contributed by atoms with van der Waals surface area (Å²) in [4.78, 5) is 12.4. The highest BCUT2D eigenvalue weighted by Gasteiger charge is 2.10. The molecule has 0 aliphatic rings. The number of carbonyl (C=O) groups is 1. The number of benzene rings is 3. The number of amides is 1. The maximum absolute atomic E-state index is 12.4. The van der Waals surface area contributed by atoms with Gasteiger partial charge in [-0.25, -0.2) is 0 Å². The molecule has 0 saturated carbocycles. The van der Waals surface area contributed by atoms with E-state index in [1.54, 1.807) is 30.0 Å². The van der Waals surface area contributed by atoms with E-state index >= 15 is 0 Å². The summed E-state index contributed by atoms with van der Waals surface area (Å²) in [7, 11) is 0. The topological polar surface area (TPSA) is 38.3 Å². The minimum absolute atomic E-state index is 0.0891. The van der Waals surface area contributed by atoms with Crippen molar-refractivity contribution in [2.45, 2.75) is 12.7 Å². The molecule has 1 amide bonds. The van der Waals surface area contributed by atoms with Crippen LogP contribution >= 0.6 is 23.4 Å². The molecule has 0 atom stereocenters. The van der Waals surface area contributed by atoms with E-state index in [4.69, 9.17) is 16.3 Å². The van der Waals surface area contributed by atoms with Gasteiger partial charge in [-0.1, -0.05) is 54.1 Å². The van der Waals surface area contributed by atoms with Crippen LogP contribution in [0.25, 0.3) is 0 Å². The Morgan fingerprint density at radius 3 is 2.56 bits per heavy atom. The Morgan fingerprint density at radius 2 is 1.78 bits per heavy atom. The van der Waals surface area contributed by atoms with Gasteiger partial charge in [-0.15, -0.1) is 11.8 Å². The highest BCUT2D eigenvalue weighted by atomic mass is 35.5. The summed E-state index contributed by atoms with van der Waals surface area (Å²) in [5.74, 6) is 2.31. The lowest BCUT2D eigenvalue weighted by Crippen LogP contribution is -2.14. The Bertz CT molecular complexity index is 915. The molecule has 1 N–H and O–H groups in total. The highest BCUT2D eigenvalue weighted by molar-refractivity contribution is 7.99. The van der Waals surface area contributed by atoms with Crippen LogP contribution in [0, 0.1) is 6.92 Å². The second kappa shape index (κ2) is 9.49. The summed E-state index contributed by atoms with van der Waals surface area (Å²) in [5, 5.41) is 3.44. The second-order valence-corrected chi connectivity index (χ2v) is 7.45. The normalized spacial score (nSPS) is 10.4. The van der Waals surface area contributed by atoms with Crippen molar-refractivity contribution in [3.05, 3.63) is 88.9 Å². The molecule has 0 aliphatic carbocycles. The van der Waals surface area contributed by atoms with E-state index in [9.17, 15) is 4.79 Å². The predicted octanol–water partition coefficient (Wildman–Crippen LogP) is 6.31. The van der Waals surface area contributed by atoms with Crippen molar-refractivity contribution in [3.63, 3.8) is 0 Å². The Balaban J connectivity index is 1.61. The number of carbonyl (C=O) groups excluding carboxylic acids is 1. The van der Waals surface area contributed by atoms with Gasteiger partial charge in [0.2, 0.25) is 5.91 Å². The van der Waals surface area contributed by atoms with Gasteiger partial charge in [-0.3, -0.25) is 4.79 Å². The fourth-order valence-electron chi connectivity index (χ4n) is 2.52. The van der Waals surface area contributed by atoms with Crippen LogP contribution in [0.1, 0.15) is 11.1 Å². The smallest absolute Gasteiger partial charge is 0.234 e. The number of hydrogen-bond donors (Lipinski definition) is 1. The second-order valence-electron chi connectivity index (χ2n) is 6.02. The number of para-hydroxylation sites is 1. The van der Waals surface area contributed by atoms with Gasteiger partial charge < -0.3 is 10.1 Å². The van der Waals surface area contributed by atoms with Gasteiger partial charge in [-0.05, 0) is 48.4 Å². The molecule has 0 bridgehead atoms. The monoisotopic (exact) mass is 397 g/mol. The lowest BCUT2D eigenvalue weighted by molar-refractivity contribution is -0.113. The van der Waals surface area contributed by atoms with Crippen LogP contribution in [0.2, 0.25) is 5.02 Å². The number of rotatable bonds is 7. The molecule has 0 aliphatic heterocycles. The molecular formula is C22H20ClNO2S. The third-order valence-electron chi connectivity index (χ3n) is 3.94. The standard InChI is InChI=1S/C22H20ClNO2S/c1-16-7-5-6-8-17(16)14-27-15-22(25)24-20-13-18(23)11-12-21(20)26-19-9-3-2-4-10-19/h2-13H,14-15H2,1H3,(H,24,25). The van der Waals surface area contributed by atoms with Crippen molar-refractivity contribution in [1.82, 2.24) is 0 Å². The Hall–Kier alpha value is -2.43. The molecular weight excluding hydrogens is 378 g/mol. The van der Waals surface area contributed by atoms with Crippen molar-refractivity contribution in [1.29, 1.82) is 0 Å². The molecule has 27 heavy (non-hydrogen) atoms. The van der Waals surface area contributed by atoms with Crippen molar-refractivity contribution in [2.24, 2.45) is 0 Å². The number of halogens is 1. The van der Waals surface area contributed by atoms with E-state index in [-0.39, 0.29) is 5.91 Å². The Kier molecular flexibility index (Phi) is 6.80. The van der Waals surface area contributed by atoms with E-state index in [0.717, 1.165) is 5.75 Å². The first-order valence-corrected chi connectivity index (χ1v) is 10.1. The van der Waals surface area contributed by atoms with Crippen molar-refractivity contribution < 1.29 is 9.53 Å². The number of hydrogen-bond acceptors (Lipinski definition) is 3. The minimum Gasteiger partial charge on any atom is -0.455 e. The van der Waals surface area contributed by atoms with E-state index in [0.29, 0.717) is 28.0 Å². The van der Waals surface area contributed by atoms with Gasteiger partial charge in [0.15, 0.2) is 5.75 Å². The first-order valence-electron chi connectivity index (χ1n) is 8.56. The van der Waals surface area contributed by atoms with Crippen LogP contribution in [0.3, 0.4) is 0 Å². The SMILES string of the molecule is Cc1ccccc1CSCC(=O)Nc1cc(Cl)ccc1Oc1ccccc1. The maximum atomic E-state index is 12.4. The fourth-order valence-corrected chi connectivity index (χ4v) is 3.59. The lowest BCUT2D eigenvalue weighted by atomic mass is 10.1. The molecule has 0 saturated heterocycles. The number of thioether (sulfide) groups is 1. The summed E-state index contributed by atoms with van der Waals surface area (Å²) in [6, 6.07) is 22.8. The van der Waals surface area contributed by atoms with Crippen molar-refractivity contribution in [3.8, 4) is 11.5 Å². The predicted molar refractivity (Wildman–Crippen MR) is 114 cm³/mol. The third-order valence-corrected chi connectivity index (χ3v) is 5.16. The number of aryl methyl sites for hydroxylation is 1. The van der Waals surface area contributed by atoms with Gasteiger partial charge in [0.25, 0.3) is 0 Å². The van der Waals surface area contributed by atoms with Crippen LogP contribution < -0.4 is 10.1 Å².